The average Bonchev–Trinajstić information content (AvgIpc) is 2.85. The Hall–Kier alpha value is -3.39. The number of Topliss-reactive ketones (excluding diaryl/α,β-unsaturated/α-hetero) is 1. The molecule has 0 fully saturated rings. The van der Waals surface area contributed by atoms with Crippen molar-refractivity contribution >= 4 is 31.0 Å². The summed E-state index contributed by atoms with van der Waals surface area (Å²) in [5.74, 6) is 0.665. The second-order valence-electron chi connectivity index (χ2n) is 6.91. The van der Waals surface area contributed by atoms with Crippen molar-refractivity contribution in [1.82, 2.24) is 0 Å². The summed E-state index contributed by atoms with van der Waals surface area (Å²) in [5.41, 5.74) is 2.65. The molecule has 0 radical (unpaired) electrons. The molecule has 0 aliphatic carbocycles. The van der Waals surface area contributed by atoms with Crippen molar-refractivity contribution < 1.29 is 9.53 Å². The molecular formula is C28H22O2Se. The quantitative estimate of drug-likeness (QED) is 0.148. The molecule has 0 saturated carbocycles. The SMILES string of the molecule is O=C(/C([Se]c1ccccc1)=C(\OCc1ccccc1)c1ccccc1)c1ccccc1. The normalized spacial score (nSPS) is 11.5. The van der Waals surface area contributed by atoms with Crippen LogP contribution in [-0.2, 0) is 11.3 Å². The summed E-state index contributed by atoms with van der Waals surface area (Å²) in [6.07, 6.45) is 0. The second-order valence-corrected chi connectivity index (χ2v) is 9.18. The Labute approximate surface area is 189 Å². The average molecular weight is 469 g/mol. The van der Waals surface area contributed by atoms with Crippen molar-refractivity contribution in [2.75, 3.05) is 0 Å². The number of carbonyl (C=O) groups excluding carboxylic acids is 1. The van der Waals surface area contributed by atoms with Crippen LogP contribution < -0.4 is 4.46 Å². The Bertz CT molecular complexity index is 1140. The number of allylic oxidation sites excluding steroid dienone is 1. The molecule has 2 nitrogen and oxygen atoms in total. The monoisotopic (exact) mass is 470 g/mol. The van der Waals surface area contributed by atoms with Gasteiger partial charge in [-0.25, -0.2) is 0 Å². The molecular weight excluding hydrogens is 447 g/mol. The van der Waals surface area contributed by atoms with Crippen LogP contribution in [0.3, 0.4) is 0 Å². The van der Waals surface area contributed by atoms with E-state index in [0.717, 1.165) is 15.6 Å². The zero-order chi connectivity index (χ0) is 21.3. The predicted molar refractivity (Wildman–Crippen MR) is 127 cm³/mol. The van der Waals surface area contributed by atoms with Gasteiger partial charge >= 0.3 is 190 Å². The van der Waals surface area contributed by atoms with Crippen LogP contribution in [0.5, 0.6) is 0 Å². The molecule has 4 aromatic carbocycles. The summed E-state index contributed by atoms with van der Waals surface area (Å²) in [5, 5.41) is 0. The van der Waals surface area contributed by atoms with Crippen LogP contribution in [0.25, 0.3) is 5.76 Å². The zero-order valence-electron chi connectivity index (χ0n) is 17.0. The Balaban J connectivity index is 1.80. The minimum absolute atomic E-state index is 0.0105. The van der Waals surface area contributed by atoms with Gasteiger partial charge in [-0.15, -0.1) is 0 Å². The van der Waals surface area contributed by atoms with Crippen LogP contribution in [0.1, 0.15) is 21.5 Å². The standard InChI is InChI=1S/C28H22O2Se/c29-26(23-15-7-2-8-16-23)28(31-25-19-11-4-12-20-25)27(24-17-9-3-10-18-24)30-21-22-13-5-1-6-14-22/h1-20H,21H2/b28-27+. The van der Waals surface area contributed by atoms with Crippen molar-refractivity contribution in [3.63, 3.8) is 0 Å². The molecule has 0 atom stereocenters. The fourth-order valence-corrected chi connectivity index (χ4v) is 5.24. The van der Waals surface area contributed by atoms with E-state index in [9.17, 15) is 4.79 Å². The van der Waals surface area contributed by atoms with E-state index in [-0.39, 0.29) is 20.7 Å². The fraction of sp³-hybridized carbons (Fsp3) is 0.0357. The molecule has 0 spiro atoms. The van der Waals surface area contributed by atoms with Crippen molar-refractivity contribution in [2.45, 2.75) is 6.61 Å². The molecule has 0 aliphatic rings. The molecule has 0 heterocycles. The van der Waals surface area contributed by atoms with Gasteiger partial charge in [-0.05, 0) is 0 Å². The van der Waals surface area contributed by atoms with Gasteiger partial charge in [0.25, 0.3) is 0 Å². The Kier molecular flexibility index (Phi) is 7.12. The van der Waals surface area contributed by atoms with Crippen LogP contribution in [0.4, 0.5) is 0 Å². The number of hydrogen-bond donors (Lipinski definition) is 0. The fourth-order valence-electron chi connectivity index (χ4n) is 3.12. The van der Waals surface area contributed by atoms with E-state index in [4.69, 9.17) is 4.74 Å². The van der Waals surface area contributed by atoms with Gasteiger partial charge in [0.2, 0.25) is 0 Å². The van der Waals surface area contributed by atoms with Gasteiger partial charge in [-0.3, -0.25) is 0 Å². The molecule has 0 bridgehead atoms. The second kappa shape index (κ2) is 10.6. The summed E-state index contributed by atoms with van der Waals surface area (Å²) in [4.78, 5) is 13.7. The molecule has 0 saturated heterocycles. The van der Waals surface area contributed by atoms with Crippen molar-refractivity contribution in [3.05, 3.63) is 142 Å². The third kappa shape index (κ3) is 5.61. The van der Waals surface area contributed by atoms with Crippen LogP contribution in [0, 0.1) is 0 Å². The first-order valence-electron chi connectivity index (χ1n) is 10.1. The summed E-state index contributed by atoms with van der Waals surface area (Å²) < 4.78 is 8.21. The van der Waals surface area contributed by atoms with E-state index in [2.05, 4.69) is 12.1 Å². The van der Waals surface area contributed by atoms with E-state index in [1.807, 2.05) is 109 Å². The van der Waals surface area contributed by atoms with Crippen molar-refractivity contribution in [2.24, 2.45) is 0 Å². The Morgan fingerprint density at radius 3 is 1.68 bits per heavy atom. The third-order valence-electron chi connectivity index (χ3n) is 4.67. The molecule has 31 heavy (non-hydrogen) atoms. The third-order valence-corrected chi connectivity index (χ3v) is 6.95. The molecule has 0 amide bonds. The first-order chi connectivity index (χ1) is 15.3. The molecule has 0 N–H and O–H groups in total. The summed E-state index contributed by atoms with van der Waals surface area (Å²) in [6.45, 7) is 0.404. The number of hydrogen-bond acceptors (Lipinski definition) is 2. The van der Waals surface area contributed by atoms with Crippen LogP contribution in [0.2, 0.25) is 0 Å². The van der Waals surface area contributed by atoms with Gasteiger partial charge in [0.05, 0.1) is 0 Å². The number of carbonyl (C=O) groups is 1. The predicted octanol–water partition coefficient (Wildman–Crippen LogP) is 5.48. The number of ketones is 1. The van der Waals surface area contributed by atoms with Gasteiger partial charge in [0.1, 0.15) is 0 Å². The molecule has 3 heteroatoms. The van der Waals surface area contributed by atoms with Gasteiger partial charge in [-0.2, -0.15) is 0 Å². The van der Waals surface area contributed by atoms with Crippen LogP contribution >= 0.6 is 0 Å². The van der Waals surface area contributed by atoms with Crippen molar-refractivity contribution in [1.29, 1.82) is 0 Å². The van der Waals surface area contributed by atoms with E-state index >= 15 is 0 Å². The Morgan fingerprint density at radius 2 is 1.10 bits per heavy atom. The van der Waals surface area contributed by atoms with Gasteiger partial charge < -0.3 is 0 Å². The maximum absolute atomic E-state index is 13.7. The van der Waals surface area contributed by atoms with E-state index in [0.29, 0.717) is 22.4 Å². The molecule has 0 aliphatic heterocycles. The maximum atomic E-state index is 13.7. The molecule has 152 valence electrons. The first kappa shape index (κ1) is 20.9. The topological polar surface area (TPSA) is 26.3 Å². The minimum atomic E-state index is -0.212. The van der Waals surface area contributed by atoms with Crippen molar-refractivity contribution in [3.8, 4) is 0 Å². The van der Waals surface area contributed by atoms with E-state index in [1.54, 1.807) is 0 Å². The van der Waals surface area contributed by atoms with Crippen LogP contribution in [-0.4, -0.2) is 20.7 Å². The zero-order valence-corrected chi connectivity index (χ0v) is 18.7. The molecule has 0 aromatic heterocycles. The van der Waals surface area contributed by atoms with Gasteiger partial charge in [0.15, 0.2) is 0 Å². The van der Waals surface area contributed by atoms with E-state index in [1.165, 1.54) is 0 Å². The molecule has 4 aromatic rings. The van der Waals surface area contributed by atoms with Crippen LogP contribution in [0.15, 0.2) is 126 Å². The van der Waals surface area contributed by atoms with E-state index < -0.39 is 0 Å². The van der Waals surface area contributed by atoms with Gasteiger partial charge in [0, 0.05) is 0 Å². The molecule has 0 unspecified atom stereocenters. The summed E-state index contributed by atoms with van der Waals surface area (Å²) in [6, 6.07) is 39.5. The Morgan fingerprint density at radius 1 is 0.613 bits per heavy atom. The summed E-state index contributed by atoms with van der Waals surface area (Å²) >= 11 is -0.212. The van der Waals surface area contributed by atoms with Gasteiger partial charge in [-0.1, -0.05) is 0 Å². The number of rotatable bonds is 8. The number of benzene rings is 4. The first-order valence-corrected chi connectivity index (χ1v) is 11.8. The molecule has 4 rings (SSSR count). The summed E-state index contributed by atoms with van der Waals surface area (Å²) in [7, 11) is 0. The number of ether oxygens (including phenoxy) is 1.